The van der Waals surface area contributed by atoms with Crippen molar-refractivity contribution in [3.05, 3.63) is 97.3 Å². The summed E-state index contributed by atoms with van der Waals surface area (Å²) in [5.74, 6) is 0. The van der Waals surface area contributed by atoms with Crippen molar-refractivity contribution in [1.29, 1.82) is 0 Å². The molecule has 0 aliphatic carbocycles. The average Bonchev–Trinajstić information content (AvgIpc) is 2.53. The van der Waals surface area contributed by atoms with E-state index in [4.69, 9.17) is 11.6 Å². The van der Waals surface area contributed by atoms with Crippen molar-refractivity contribution >= 4 is 11.6 Å². The number of aryl methyl sites for hydroxylation is 2. The molecule has 4 nitrogen and oxygen atoms in total. The Balaban J connectivity index is 2.01. The summed E-state index contributed by atoms with van der Waals surface area (Å²) >= 11 is 5.86. The van der Waals surface area contributed by atoms with Crippen molar-refractivity contribution in [1.82, 2.24) is 9.13 Å². The lowest BCUT2D eigenvalue weighted by molar-refractivity contribution is 0.718. The zero-order chi connectivity index (χ0) is 17.3. The van der Waals surface area contributed by atoms with Crippen LogP contribution in [-0.4, -0.2) is 9.13 Å². The van der Waals surface area contributed by atoms with Gasteiger partial charge >= 0.3 is 11.1 Å². The highest BCUT2D eigenvalue weighted by Crippen LogP contribution is 2.12. The van der Waals surface area contributed by atoms with Gasteiger partial charge in [-0.15, -0.1) is 0 Å². The van der Waals surface area contributed by atoms with Gasteiger partial charge in [0.1, 0.15) is 0 Å². The monoisotopic (exact) mass is 340 g/mol. The lowest BCUT2D eigenvalue weighted by atomic mass is 10.1. The molecule has 0 unspecified atom stereocenters. The summed E-state index contributed by atoms with van der Waals surface area (Å²) in [6.07, 6.45) is 3.27. The molecule has 0 saturated heterocycles. The normalized spacial score (nSPS) is 10.8. The lowest BCUT2D eigenvalue weighted by Gasteiger charge is -2.10. The van der Waals surface area contributed by atoms with Crippen molar-refractivity contribution in [2.45, 2.75) is 20.4 Å². The van der Waals surface area contributed by atoms with Crippen LogP contribution in [0.3, 0.4) is 0 Å². The molecule has 0 spiro atoms. The highest BCUT2D eigenvalue weighted by Gasteiger charge is 2.08. The Morgan fingerprint density at radius 1 is 0.875 bits per heavy atom. The first-order chi connectivity index (χ1) is 11.4. The van der Waals surface area contributed by atoms with Gasteiger partial charge in [0.15, 0.2) is 0 Å². The fourth-order valence-electron chi connectivity index (χ4n) is 2.71. The van der Waals surface area contributed by atoms with Crippen molar-refractivity contribution < 1.29 is 0 Å². The molecule has 3 rings (SSSR count). The van der Waals surface area contributed by atoms with E-state index in [0.717, 1.165) is 16.7 Å². The SMILES string of the molecule is Cc1cc(C)cc(-n2ccn(Cc3ccc(Cl)cc3)c(=O)c2=O)c1. The second-order valence-electron chi connectivity index (χ2n) is 5.88. The van der Waals surface area contributed by atoms with E-state index in [2.05, 4.69) is 0 Å². The minimum Gasteiger partial charge on any atom is -0.305 e. The smallest absolute Gasteiger partial charge is 0.305 e. The first kappa shape index (κ1) is 16.3. The molecule has 1 heterocycles. The molecule has 3 aromatic rings. The maximum absolute atomic E-state index is 12.5. The van der Waals surface area contributed by atoms with E-state index >= 15 is 0 Å². The number of rotatable bonds is 3. The zero-order valence-corrected chi connectivity index (χ0v) is 14.2. The molecule has 5 heteroatoms. The van der Waals surface area contributed by atoms with Crippen molar-refractivity contribution in [2.75, 3.05) is 0 Å². The van der Waals surface area contributed by atoms with Crippen LogP contribution in [0, 0.1) is 13.8 Å². The number of halogens is 1. The Hall–Kier alpha value is -2.59. The third-order valence-corrected chi connectivity index (χ3v) is 4.06. The second kappa shape index (κ2) is 6.49. The van der Waals surface area contributed by atoms with E-state index in [1.807, 2.05) is 44.2 Å². The van der Waals surface area contributed by atoms with E-state index in [0.29, 0.717) is 17.3 Å². The summed E-state index contributed by atoms with van der Waals surface area (Å²) in [4.78, 5) is 24.9. The summed E-state index contributed by atoms with van der Waals surface area (Å²) in [5.41, 5.74) is 2.59. The van der Waals surface area contributed by atoms with Gasteiger partial charge in [-0.05, 0) is 54.8 Å². The third-order valence-electron chi connectivity index (χ3n) is 3.81. The molecule has 122 valence electrons. The molecule has 0 N–H and O–H groups in total. The van der Waals surface area contributed by atoms with E-state index < -0.39 is 11.1 Å². The van der Waals surface area contributed by atoms with Crippen LogP contribution in [0.4, 0.5) is 0 Å². The predicted octanol–water partition coefficient (Wildman–Crippen LogP) is 3.32. The lowest BCUT2D eigenvalue weighted by Crippen LogP contribution is -2.40. The van der Waals surface area contributed by atoms with Crippen LogP contribution in [-0.2, 0) is 6.54 Å². The van der Waals surface area contributed by atoms with Gasteiger partial charge in [0, 0.05) is 23.1 Å². The zero-order valence-electron chi connectivity index (χ0n) is 13.5. The van der Waals surface area contributed by atoms with Crippen LogP contribution >= 0.6 is 11.6 Å². The summed E-state index contributed by atoms with van der Waals surface area (Å²) in [5, 5.41) is 0.635. The fraction of sp³-hybridized carbons (Fsp3) is 0.158. The average molecular weight is 341 g/mol. The number of hydrogen-bond acceptors (Lipinski definition) is 2. The molecule has 0 saturated carbocycles. The fourth-order valence-corrected chi connectivity index (χ4v) is 2.84. The molecule has 0 radical (unpaired) electrons. The van der Waals surface area contributed by atoms with Gasteiger partial charge in [0.2, 0.25) is 0 Å². The van der Waals surface area contributed by atoms with Crippen LogP contribution < -0.4 is 11.1 Å². The molecule has 24 heavy (non-hydrogen) atoms. The molecule has 0 amide bonds. The van der Waals surface area contributed by atoms with Crippen LogP contribution in [0.2, 0.25) is 5.02 Å². The topological polar surface area (TPSA) is 44.0 Å². The Labute approximate surface area is 144 Å². The second-order valence-corrected chi connectivity index (χ2v) is 6.32. The number of aromatic nitrogens is 2. The van der Waals surface area contributed by atoms with Crippen LogP contribution in [0.1, 0.15) is 16.7 Å². The van der Waals surface area contributed by atoms with Gasteiger partial charge < -0.3 is 4.57 Å². The molecular weight excluding hydrogens is 324 g/mol. The van der Waals surface area contributed by atoms with Gasteiger partial charge in [-0.1, -0.05) is 29.8 Å². The van der Waals surface area contributed by atoms with Crippen LogP contribution in [0.25, 0.3) is 5.69 Å². The van der Waals surface area contributed by atoms with Gasteiger partial charge in [0.25, 0.3) is 0 Å². The molecular formula is C19H17ClN2O2. The highest BCUT2D eigenvalue weighted by molar-refractivity contribution is 6.30. The maximum atomic E-state index is 12.5. The molecule has 2 aromatic carbocycles. The highest BCUT2D eigenvalue weighted by atomic mass is 35.5. The third kappa shape index (κ3) is 3.34. The minimum atomic E-state index is -0.559. The number of hydrogen-bond donors (Lipinski definition) is 0. The van der Waals surface area contributed by atoms with Crippen molar-refractivity contribution in [3.63, 3.8) is 0 Å². The Morgan fingerprint density at radius 3 is 2.12 bits per heavy atom. The molecule has 0 fully saturated rings. The molecule has 0 atom stereocenters. The Bertz CT molecular complexity index is 981. The molecule has 0 aliphatic rings. The number of nitrogens with zero attached hydrogens (tertiary/aromatic N) is 2. The molecule has 0 bridgehead atoms. The quantitative estimate of drug-likeness (QED) is 0.686. The predicted molar refractivity (Wildman–Crippen MR) is 96.3 cm³/mol. The van der Waals surface area contributed by atoms with Crippen LogP contribution in [0.5, 0.6) is 0 Å². The molecule has 1 aromatic heterocycles. The molecule has 0 aliphatic heterocycles. The number of benzene rings is 2. The minimum absolute atomic E-state index is 0.332. The van der Waals surface area contributed by atoms with Crippen molar-refractivity contribution in [3.8, 4) is 5.69 Å². The maximum Gasteiger partial charge on any atom is 0.320 e. The summed E-state index contributed by atoms with van der Waals surface area (Å²) < 4.78 is 2.80. The van der Waals surface area contributed by atoms with Crippen molar-refractivity contribution in [2.24, 2.45) is 0 Å². The van der Waals surface area contributed by atoms with E-state index in [1.165, 1.54) is 9.13 Å². The summed E-state index contributed by atoms with van der Waals surface area (Å²) in [6, 6.07) is 13.0. The van der Waals surface area contributed by atoms with Gasteiger partial charge in [-0.3, -0.25) is 14.2 Å². The standard InChI is InChI=1S/C19H17ClN2O2/c1-13-9-14(2)11-17(10-13)22-8-7-21(18(23)19(22)24)12-15-3-5-16(20)6-4-15/h3-11H,12H2,1-2H3. The van der Waals surface area contributed by atoms with Crippen LogP contribution in [0.15, 0.2) is 64.4 Å². The Kier molecular flexibility index (Phi) is 4.40. The summed E-state index contributed by atoms with van der Waals surface area (Å²) in [6.45, 7) is 4.26. The van der Waals surface area contributed by atoms with Gasteiger partial charge in [0.05, 0.1) is 6.54 Å². The van der Waals surface area contributed by atoms with E-state index in [1.54, 1.807) is 24.5 Å². The first-order valence-corrected chi connectivity index (χ1v) is 7.97. The largest absolute Gasteiger partial charge is 0.320 e. The van der Waals surface area contributed by atoms with E-state index in [9.17, 15) is 9.59 Å². The van der Waals surface area contributed by atoms with Gasteiger partial charge in [-0.2, -0.15) is 0 Å². The van der Waals surface area contributed by atoms with E-state index in [-0.39, 0.29) is 0 Å². The Morgan fingerprint density at radius 2 is 1.50 bits per heavy atom. The first-order valence-electron chi connectivity index (χ1n) is 7.59. The summed E-state index contributed by atoms with van der Waals surface area (Å²) in [7, 11) is 0. The van der Waals surface area contributed by atoms with Gasteiger partial charge in [-0.25, -0.2) is 0 Å².